The van der Waals surface area contributed by atoms with E-state index in [1.165, 1.54) is 55.4 Å². The fraction of sp³-hybridized carbons (Fsp3) is 0.361. The van der Waals surface area contributed by atoms with Crippen LogP contribution < -0.4 is 9.47 Å². The largest absolute Gasteiger partial charge is 0.771 e. The van der Waals surface area contributed by atoms with Crippen molar-refractivity contribution < 1.29 is 41.9 Å². The second kappa shape index (κ2) is 13.7. The average Bonchev–Trinajstić information content (AvgIpc) is 3.64. The van der Waals surface area contributed by atoms with Crippen LogP contribution in [0.1, 0.15) is 58.4 Å². The highest BCUT2D eigenvalue weighted by Crippen LogP contribution is 2.52. The number of thiazole rings is 1. The minimum Gasteiger partial charge on any atom is -0.771 e. The van der Waals surface area contributed by atoms with Gasteiger partial charge in [-0.05, 0) is 104 Å². The molecular formula is C36H37N2O8S4-. The van der Waals surface area contributed by atoms with Gasteiger partial charge in [-0.25, -0.2) is 0 Å². The molecule has 0 saturated carbocycles. The standard InChI is InChI=1S/C36H38N2O8S4/c1-22(33(40)41)35(3,49(43)44)37-27-9-5-7-11-29(27)47-31(37)19-23-13-15-25-16-14-24(18-26(25)17-23)20-32-38(28-10-6-8-12-30(28)48-32)36(4,50(45)46)34(2,42)21-39/h5-12,17-22,25,42H,13-16H2,1-4H3,(H2-,40,41,43,44,45,46)/p-1. The number of fused-ring (bicyclic) bond motifs is 3. The lowest BCUT2D eigenvalue weighted by Gasteiger charge is -2.44. The number of allylic oxidation sites excluding steroid dienone is 6. The van der Waals surface area contributed by atoms with Crippen LogP contribution in [0.15, 0.2) is 93.4 Å². The SMILES string of the molecule is CC(C(=O)O)C(C)(N1/C(=C/C2=CC3=C/C(=C/c4sc5ccccc5[n+]4C(C)(S(=O)[O-])C(C)(O)C=O)CCC3CC2)Sc2ccccc21)S(=O)[O-]. The molecule has 0 amide bonds. The van der Waals surface area contributed by atoms with E-state index in [9.17, 15) is 37.3 Å². The maximum absolute atomic E-state index is 12.8. The van der Waals surface area contributed by atoms with E-state index in [0.29, 0.717) is 27.2 Å². The van der Waals surface area contributed by atoms with Gasteiger partial charge in [-0.15, -0.1) is 0 Å². The summed E-state index contributed by atoms with van der Waals surface area (Å²) in [5.41, 5.74) is 2.01. The van der Waals surface area contributed by atoms with Gasteiger partial charge in [-0.2, -0.15) is 4.57 Å². The maximum Gasteiger partial charge on any atom is 0.309 e. The summed E-state index contributed by atoms with van der Waals surface area (Å²) in [6, 6.07) is 14.6. The van der Waals surface area contributed by atoms with Crippen molar-refractivity contribution in [2.24, 2.45) is 11.8 Å². The van der Waals surface area contributed by atoms with Gasteiger partial charge < -0.3 is 24.2 Å². The van der Waals surface area contributed by atoms with E-state index < -0.39 is 49.4 Å². The Bertz CT molecular complexity index is 2070. The summed E-state index contributed by atoms with van der Waals surface area (Å²) in [7, 11) is 0. The highest BCUT2D eigenvalue weighted by molar-refractivity contribution is 8.03. The molecule has 3 aromatic rings. The molecule has 2 aromatic carbocycles. The Morgan fingerprint density at radius 3 is 2.38 bits per heavy atom. The topological polar surface area (TPSA) is 162 Å². The van der Waals surface area contributed by atoms with Crippen LogP contribution in [0, 0.1) is 11.8 Å². The molecule has 0 saturated heterocycles. The van der Waals surface area contributed by atoms with Crippen LogP contribution in [0.2, 0.25) is 0 Å². The number of aromatic nitrogens is 1. The van der Waals surface area contributed by atoms with Gasteiger partial charge in [0.15, 0.2) is 11.9 Å². The van der Waals surface area contributed by atoms with E-state index >= 15 is 0 Å². The van der Waals surface area contributed by atoms with Crippen molar-refractivity contribution in [2.75, 3.05) is 4.90 Å². The monoisotopic (exact) mass is 753 g/mol. The van der Waals surface area contributed by atoms with Crippen LogP contribution in [-0.4, -0.2) is 50.5 Å². The summed E-state index contributed by atoms with van der Waals surface area (Å²) in [4.78, 5) is 22.9. The second-order valence-electron chi connectivity index (χ2n) is 13.3. The number of para-hydroxylation sites is 2. The van der Waals surface area contributed by atoms with Crippen molar-refractivity contribution >= 4 is 79.5 Å². The molecule has 7 unspecified atom stereocenters. The Hall–Kier alpha value is -3.24. The molecule has 1 aliphatic heterocycles. The highest BCUT2D eigenvalue weighted by Gasteiger charge is 2.56. The number of nitrogens with zero attached hydrogens (tertiary/aromatic N) is 2. The molecule has 7 atom stereocenters. The molecule has 2 N–H and O–H groups in total. The van der Waals surface area contributed by atoms with E-state index in [4.69, 9.17) is 0 Å². The predicted octanol–water partition coefficient (Wildman–Crippen LogP) is 5.90. The van der Waals surface area contributed by atoms with Gasteiger partial charge in [0, 0.05) is 35.0 Å². The normalized spacial score (nSPS) is 24.6. The number of hydrogen-bond donors (Lipinski definition) is 2. The van der Waals surface area contributed by atoms with Crippen LogP contribution >= 0.6 is 23.1 Å². The molecule has 1 aromatic heterocycles. The Morgan fingerprint density at radius 2 is 1.70 bits per heavy atom. The second-order valence-corrected chi connectivity index (χ2v) is 18.0. The quantitative estimate of drug-likeness (QED) is 0.145. The van der Waals surface area contributed by atoms with Gasteiger partial charge in [0.1, 0.15) is 9.57 Å². The number of aldehydes is 1. The van der Waals surface area contributed by atoms with Crippen LogP contribution in [0.4, 0.5) is 5.69 Å². The summed E-state index contributed by atoms with van der Waals surface area (Å²) >= 11 is -2.88. The maximum atomic E-state index is 12.8. The Balaban J connectivity index is 1.43. The van der Waals surface area contributed by atoms with E-state index in [1.807, 2.05) is 36.4 Å². The van der Waals surface area contributed by atoms with E-state index in [1.54, 1.807) is 29.2 Å². The molecule has 2 heterocycles. The van der Waals surface area contributed by atoms with Crippen molar-refractivity contribution in [3.63, 3.8) is 0 Å². The first-order chi connectivity index (χ1) is 23.6. The lowest BCUT2D eigenvalue weighted by Crippen LogP contribution is -2.69. The molecule has 14 heteroatoms. The number of carbonyl (C=O) groups excluding carboxylic acids is 1. The number of carbonyl (C=O) groups is 2. The number of hydrogen-bond acceptors (Lipinski definition) is 10. The Labute approximate surface area is 303 Å². The zero-order valence-electron chi connectivity index (χ0n) is 27.9. The van der Waals surface area contributed by atoms with Crippen molar-refractivity contribution in [3.8, 4) is 0 Å². The van der Waals surface area contributed by atoms with E-state index in [-0.39, 0.29) is 6.29 Å². The molecule has 10 nitrogen and oxygen atoms in total. The molecule has 264 valence electrons. The Morgan fingerprint density at radius 1 is 1.02 bits per heavy atom. The lowest BCUT2D eigenvalue weighted by atomic mass is 9.77. The lowest BCUT2D eigenvalue weighted by molar-refractivity contribution is -0.722. The minimum absolute atomic E-state index is 0.261. The first kappa shape index (κ1) is 36.5. The highest BCUT2D eigenvalue weighted by atomic mass is 32.2. The first-order valence-electron chi connectivity index (χ1n) is 16.1. The number of benzene rings is 2. The summed E-state index contributed by atoms with van der Waals surface area (Å²) in [5.74, 6) is -2.15. The Kier molecular flexibility index (Phi) is 10.0. The molecule has 6 rings (SSSR count). The van der Waals surface area contributed by atoms with Crippen LogP contribution in [0.5, 0.6) is 0 Å². The summed E-state index contributed by atoms with van der Waals surface area (Å²) < 4.78 is 53.5. The molecule has 0 fully saturated rings. The van der Waals surface area contributed by atoms with Gasteiger partial charge >= 0.3 is 5.97 Å². The van der Waals surface area contributed by atoms with Crippen molar-refractivity contribution in [3.05, 3.63) is 93.5 Å². The van der Waals surface area contributed by atoms with Crippen molar-refractivity contribution in [2.45, 2.75) is 73.6 Å². The molecule has 50 heavy (non-hydrogen) atoms. The third-order valence-corrected chi connectivity index (χ3v) is 14.9. The molecular weight excluding hydrogens is 717 g/mol. The fourth-order valence-corrected chi connectivity index (χ4v) is 10.9. The van der Waals surface area contributed by atoms with Gasteiger partial charge in [0.25, 0.3) is 9.88 Å². The smallest absolute Gasteiger partial charge is 0.309 e. The number of carboxylic acids is 1. The van der Waals surface area contributed by atoms with Gasteiger partial charge in [0.05, 0.1) is 16.6 Å². The molecule has 2 aliphatic carbocycles. The number of rotatable bonds is 10. The van der Waals surface area contributed by atoms with Crippen molar-refractivity contribution in [1.29, 1.82) is 0 Å². The summed E-state index contributed by atoms with van der Waals surface area (Å²) in [6.45, 7) is 5.39. The van der Waals surface area contributed by atoms with Gasteiger partial charge in [-0.3, -0.25) is 18.0 Å². The summed E-state index contributed by atoms with van der Waals surface area (Å²) in [5, 5.41) is 22.2. The molecule has 0 spiro atoms. The van der Waals surface area contributed by atoms with Crippen LogP contribution in [0.25, 0.3) is 16.3 Å². The number of anilines is 1. The number of thioether (sulfide) groups is 1. The van der Waals surface area contributed by atoms with Crippen LogP contribution in [0.3, 0.4) is 0 Å². The zero-order valence-corrected chi connectivity index (χ0v) is 31.1. The molecule has 0 radical (unpaired) electrons. The molecule has 0 bridgehead atoms. The van der Waals surface area contributed by atoms with Crippen molar-refractivity contribution in [1.82, 2.24) is 0 Å². The van der Waals surface area contributed by atoms with Gasteiger partial charge in [0.2, 0.25) is 5.52 Å². The number of carboxylic acid groups (broad SMARTS) is 1. The number of aliphatic carboxylic acids is 1. The van der Waals surface area contributed by atoms with Gasteiger partial charge in [-0.1, -0.05) is 59.5 Å². The summed E-state index contributed by atoms with van der Waals surface area (Å²) in [6.07, 6.45) is 11.6. The fourth-order valence-electron chi connectivity index (χ4n) is 6.87. The third-order valence-electron chi connectivity index (χ3n) is 10.3. The zero-order chi connectivity index (χ0) is 36.2. The average molecular weight is 754 g/mol. The predicted molar refractivity (Wildman–Crippen MR) is 194 cm³/mol. The third kappa shape index (κ3) is 6.08. The minimum atomic E-state index is -2.89. The van der Waals surface area contributed by atoms with Crippen LogP contribution in [-0.2, 0) is 36.6 Å². The van der Waals surface area contributed by atoms with E-state index in [2.05, 4.69) is 12.2 Å². The molecule has 3 aliphatic rings. The van der Waals surface area contributed by atoms with E-state index in [0.717, 1.165) is 52.0 Å². The number of aliphatic hydroxyl groups is 1. The first-order valence-corrected chi connectivity index (χ1v) is 19.9.